The van der Waals surface area contributed by atoms with Crippen LogP contribution in [0.25, 0.3) is 0 Å². The fourth-order valence-electron chi connectivity index (χ4n) is 4.85. The van der Waals surface area contributed by atoms with Crippen molar-refractivity contribution in [2.75, 3.05) is 13.1 Å². The molecule has 168 valence electrons. The first-order valence-electron chi connectivity index (χ1n) is 11.4. The van der Waals surface area contributed by atoms with Gasteiger partial charge in [-0.15, -0.1) is 0 Å². The van der Waals surface area contributed by atoms with Crippen LogP contribution in [-0.2, 0) is 24.4 Å². The summed E-state index contributed by atoms with van der Waals surface area (Å²) in [6.07, 6.45) is 4.71. The van der Waals surface area contributed by atoms with Crippen LogP contribution in [0.15, 0.2) is 79.1 Å². The number of piperidine rings is 1. The Kier molecular flexibility index (Phi) is 5.88. The zero-order chi connectivity index (χ0) is 22.7. The first-order valence-corrected chi connectivity index (χ1v) is 11.4. The van der Waals surface area contributed by atoms with Gasteiger partial charge in [0.25, 0.3) is 5.91 Å². The van der Waals surface area contributed by atoms with Crippen LogP contribution in [0, 0.1) is 0 Å². The number of hydrogen-bond acceptors (Lipinski definition) is 5. The van der Waals surface area contributed by atoms with Gasteiger partial charge < -0.3 is 4.90 Å². The number of hydrogen-bond donors (Lipinski definition) is 0. The van der Waals surface area contributed by atoms with Crippen LogP contribution < -0.4 is 0 Å². The molecule has 7 heteroatoms. The second kappa shape index (κ2) is 9.11. The van der Waals surface area contributed by atoms with E-state index in [1.807, 2.05) is 66.7 Å². The smallest absolute Gasteiger partial charge is 0.305 e. The Hall–Kier alpha value is -3.58. The molecule has 2 aliphatic rings. The zero-order valence-electron chi connectivity index (χ0n) is 18.5. The maximum atomic E-state index is 13.8. The van der Waals surface area contributed by atoms with Crippen molar-refractivity contribution in [1.29, 1.82) is 0 Å². The van der Waals surface area contributed by atoms with Crippen LogP contribution in [0.3, 0.4) is 0 Å². The number of likely N-dealkylation sites (tertiary alicyclic amines) is 1. The number of nitrogens with zero attached hydrogens (tertiary/aromatic N) is 5. The van der Waals surface area contributed by atoms with Gasteiger partial charge in [0.2, 0.25) is 0 Å². The van der Waals surface area contributed by atoms with Gasteiger partial charge in [-0.3, -0.25) is 24.6 Å². The number of imide groups is 1. The van der Waals surface area contributed by atoms with Gasteiger partial charge in [-0.1, -0.05) is 42.5 Å². The highest BCUT2D eigenvalue weighted by Crippen LogP contribution is 2.39. The van der Waals surface area contributed by atoms with Crippen LogP contribution in [0.2, 0.25) is 0 Å². The van der Waals surface area contributed by atoms with Crippen molar-refractivity contribution in [2.45, 2.75) is 38.0 Å². The molecule has 5 rings (SSSR count). The number of benzene rings is 1. The van der Waals surface area contributed by atoms with Gasteiger partial charge in [-0.05, 0) is 42.7 Å². The van der Waals surface area contributed by atoms with Crippen molar-refractivity contribution in [1.82, 2.24) is 24.7 Å². The van der Waals surface area contributed by atoms with Crippen molar-refractivity contribution >= 4 is 11.9 Å². The average molecular weight is 442 g/mol. The summed E-state index contributed by atoms with van der Waals surface area (Å²) in [6.45, 7) is 2.83. The van der Waals surface area contributed by atoms with Crippen LogP contribution in [0.1, 0.15) is 29.8 Å². The second-order valence-electron chi connectivity index (χ2n) is 8.70. The molecule has 33 heavy (non-hydrogen) atoms. The third kappa shape index (κ3) is 4.24. The van der Waals surface area contributed by atoms with Gasteiger partial charge in [0.15, 0.2) is 0 Å². The molecule has 1 spiro atoms. The summed E-state index contributed by atoms with van der Waals surface area (Å²) in [4.78, 5) is 41.6. The minimum atomic E-state index is -0.817. The molecular weight excluding hydrogens is 414 g/mol. The Morgan fingerprint density at radius 1 is 0.727 bits per heavy atom. The lowest BCUT2D eigenvalue weighted by Gasteiger charge is -2.42. The van der Waals surface area contributed by atoms with Gasteiger partial charge >= 0.3 is 6.03 Å². The number of amides is 3. The number of pyridine rings is 2. The minimum Gasteiger partial charge on any atom is -0.305 e. The topological polar surface area (TPSA) is 69.6 Å². The van der Waals surface area contributed by atoms with E-state index in [-0.39, 0.29) is 18.5 Å². The molecule has 2 saturated heterocycles. The summed E-state index contributed by atoms with van der Waals surface area (Å²) in [7, 11) is 0. The molecule has 2 fully saturated rings. The predicted molar refractivity (Wildman–Crippen MR) is 124 cm³/mol. The molecule has 0 saturated carbocycles. The van der Waals surface area contributed by atoms with Crippen molar-refractivity contribution in [3.8, 4) is 0 Å². The molecule has 0 N–H and O–H groups in total. The fourth-order valence-corrected chi connectivity index (χ4v) is 4.85. The first kappa shape index (κ1) is 21.3. The lowest BCUT2D eigenvalue weighted by atomic mass is 9.85. The number of carbonyl (C=O) groups excluding carboxylic acids is 2. The maximum absolute atomic E-state index is 13.8. The number of carbonyl (C=O) groups is 2. The summed E-state index contributed by atoms with van der Waals surface area (Å²) in [5.74, 6) is -0.105. The van der Waals surface area contributed by atoms with Crippen molar-refractivity contribution in [2.24, 2.45) is 0 Å². The van der Waals surface area contributed by atoms with E-state index in [1.165, 1.54) is 4.90 Å². The molecule has 2 aliphatic heterocycles. The van der Waals surface area contributed by atoms with Crippen LogP contribution in [0.5, 0.6) is 0 Å². The van der Waals surface area contributed by atoms with E-state index in [9.17, 15) is 9.59 Å². The molecule has 0 atom stereocenters. The normalized spacial score (nSPS) is 18.3. The minimum absolute atomic E-state index is 0.105. The quantitative estimate of drug-likeness (QED) is 0.548. The highest BCUT2D eigenvalue weighted by Gasteiger charge is 2.57. The molecule has 0 bridgehead atoms. The summed E-state index contributed by atoms with van der Waals surface area (Å²) in [6, 6.07) is 21.1. The second-order valence-corrected chi connectivity index (χ2v) is 8.70. The lowest BCUT2D eigenvalue weighted by Crippen LogP contribution is -2.56. The van der Waals surface area contributed by atoms with Gasteiger partial charge in [0.05, 0.1) is 17.9 Å². The summed E-state index contributed by atoms with van der Waals surface area (Å²) >= 11 is 0. The van der Waals surface area contributed by atoms with E-state index in [2.05, 4.69) is 14.9 Å². The lowest BCUT2D eigenvalue weighted by molar-refractivity contribution is -0.136. The van der Waals surface area contributed by atoms with E-state index in [0.29, 0.717) is 25.1 Å². The van der Waals surface area contributed by atoms with E-state index in [4.69, 9.17) is 0 Å². The fraction of sp³-hybridized carbons (Fsp3) is 0.308. The molecule has 3 amide bonds. The molecule has 1 aromatic carbocycles. The molecule has 0 aliphatic carbocycles. The summed E-state index contributed by atoms with van der Waals surface area (Å²) < 4.78 is 0. The first-order chi connectivity index (χ1) is 16.2. The highest BCUT2D eigenvalue weighted by atomic mass is 16.2. The van der Waals surface area contributed by atoms with Crippen LogP contribution in [-0.4, -0.2) is 55.2 Å². The van der Waals surface area contributed by atoms with Gasteiger partial charge in [0, 0.05) is 38.6 Å². The molecule has 2 aromatic heterocycles. The van der Waals surface area contributed by atoms with Crippen molar-refractivity contribution in [3.63, 3.8) is 0 Å². The molecule has 7 nitrogen and oxygen atoms in total. The highest BCUT2D eigenvalue weighted by molar-refractivity contribution is 6.07. The number of aromatic nitrogens is 2. The Labute approximate surface area is 193 Å². The average Bonchev–Trinajstić information content (AvgIpc) is 3.04. The van der Waals surface area contributed by atoms with E-state index in [1.54, 1.807) is 17.3 Å². The molecular formula is C26H27N5O2. The Bertz CT molecular complexity index is 1100. The Balaban J connectivity index is 1.39. The van der Waals surface area contributed by atoms with Gasteiger partial charge in [-0.2, -0.15) is 0 Å². The predicted octanol–water partition coefficient (Wildman–Crippen LogP) is 3.48. The third-order valence-corrected chi connectivity index (χ3v) is 6.65. The monoisotopic (exact) mass is 441 g/mol. The van der Waals surface area contributed by atoms with E-state index in [0.717, 1.165) is 30.9 Å². The molecule has 0 unspecified atom stereocenters. The number of urea groups is 1. The summed E-state index contributed by atoms with van der Waals surface area (Å²) in [5, 5.41) is 0. The van der Waals surface area contributed by atoms with Crippen molar-refractivity contribution < 1.29 is 9.59 Å². The van der Waals surface area contributed by atoms with Crippen LogP contribution >= 0.6 is 0 Å². The zero-order valence-corrected chi connectivity index (χ0v) is 18.5. The van der Waals surface area contributed by atoms with Gasteiger partial charge in [-0.25, -0.2) is 4.79 Å². The SMILES string of the molecule is O=C1N(Cc2ccccn2)C(=O)C2(CCN(Cc3ccccn3)CC2)N1Cc1ccccc1. The summed E-state index contributed by atoms with van der Waals surface area (Å²) in [5.41, 5.74) is 1.93. The number of rotatable bonds is 6. The van der Waals surface area contributed by atoms with E-state index >= 15 is 0 Å². The largest absolute Gasteiger partial charge is 0.328 e. The van der Waals surface area contributed by atoms with Crippen LogP contribution in [0.4, 0.5) is 4.79 Å². The third-order valence-electron chi connectivity index (χ3n) is 6.65. The standard InChI is InChI=1S/C26H27N5O2/c32-24-26(12-16-29(17-13-26)19-22-10-4-6-14-27-22)31(18-21-8-2-1-3-9-21)25(33)30(24)20-23-11-5-7-15-28-23/h1-11,14-15H,12-13,16-20H2. The van der Waals surface area contributed by atoms with Gasteiger partial charge in [0.1, 0.15) is 5.54 Å². The Morgan fingerprint density at radius 3 is 1.94 bits per heavy atom. The molecule has 0 radical (unpaired) electrons. The van der Waals surface area contributed by atoms with Crippen molar-refractivity contribution in [3.05, 3.63) is 96.1 Å². The van der Waals surface area contributed by atoms with E-state index < -0.39 is 5.54 Å². The maximum Gasteiger partial charge on any atom is 0.328 e. The molecule has 4 heterocycles. The molecule has 3 aromatic rings. The Morgan fingerprint density at radius 2 is 1.33 bits per heavy atom.